The van der Waals surface area contributed by atoms with Crippen LogP contribution in [0.1, 0.15) is 37.7 Å². The Morgan fingerprint density at radius 2 is 2.00 bits per heavy atom. The molecule has 1 saturated carbocycles. The molecular formula is C19H23F2NOS. The molecule has 2 nitrogen and oxygen atoms in total. The highest BCUT2D eigenvalue weighted by Crippen LogP contribution is 2.54. The van der Waals surface area contributed by atoms with E-state index in [-0.39, 0.29) is 17.4 Å². The van der Waals surface area contributed by atoms with Gasteiger partial charge in [0.05, 0.1) is 0 Å². The number of halogens is 2. The van der Waals surface area contributed by atoms with Crippen LogP contribution in [0.2, 0.25) is 0 Å². The van der Waals surface area contributed by atoms with E-state index in [0.717, 1.165) is 38.1 Å². The molecule has 2 saturated heterocycles. The van der Waals surface area contributed by atoms with Gasteiger partial charge in [-0.05, 0) is 49.1 Å². The SMILES string of the molecule is CC1CCN(C(=O)C2CC2C2CC(c3c(F)cccc3F)CS2)C1. The largest absolute Gasteiger partial charge is 0.342 e. The molecule has 2 aliphatic heterocycles. The van der Waals surface area contributed by atoms with Crippen LogP contribution in [0.4, 0.5) is 8.78 Å². The molecule has 5 heteroatoms. The highest BCUT2D eigenvalue weighted by Gasteiger charge is 2.51. The van der Waals surface area contributed by atoms with Gasteiger partial charge in [0.1, 0.15) is 11.6 Å². The third-order valence-corrected chi connectivity index (χ3v) is 7.37. The predicted molar refractivity (Wildman–Crippen MR) is 91.9 cm³/mol. The molecule has 130 valence electrons. The Kier molecular flexibility index (Phi) is 4.31. The highest BCUT2D eigenvalue weighted by atomic mass is 32.2. The van der Waals surface area contributed by atoms with Crippen LogP contribution in [0.5, 0.6) is 0 Å². The van der Waals surface area contributed by atoms with E-state index in [4.69, 9.17) is 0 Å². The lowest BCUT2D eigenvalue weighted by atomic mass is 9.93. The van der Waals surface area contributed by atoms with E-state index in [1.165, 1.54) is 18.2 Å². The lowest BCUT2D eigenvalue weighted by Gasteiger charge is -2.17. The molecule has 3 aliphatic rings. The minimum Gasteiger partial charge on any atom is -0.342 e. The quantitative estimate of drug-likeness (QED) is 0.819. The van der Waals surface area contributed by atoms with Crippen molar-refractivity contribution in [3.8, 4) is 0 Å². The van der Waals surface area contributed by atoms with Gasteiger partial charge in [0.25, 0.3) is 0 Å². The summed E-state index contributed by atoms with van der Waals surface area (Å²) < 4.78 is 28.0. The van der Waals surface area contributed by atoms with Crippen molar-refractivity contribution in [3.05, 3.63) is 35.4 Å². The lowest BCUT2D eigenvalue weighted by molar-refractivity contribution is -0.131. The van der Waals surface area contributed by atoms with Crippen molar-refractivity contribution < 1.29 is 13.6 Å². The van der Waals surface area contributed by atoms with E-state index in [9.17, 15) is 13.6 Å². The van der Waals surface area contributed by atoms with Crippen LogP contribution in [0.15, 0.2) is 18.2 Å². The number of carbonyl (C=O) groups is 1. The summed E-state index contributed by atoms with van der Waals surface area (Å²) in [7, 11) is 0. The summed E-state index contributed by atoms with van der Waals surface area (Å²) in [6.07, 6.45) is 2.84. The van der Waals surface area contributed by atoms with Crippen molar-refractivity contribution in [1.29, 1.82) is 0 Å². The smallest absolute Gasteiger partial charge is 0.226 e. The van der Waals surface area contributed by atoms with Crippen molar-refractivity contribution in [2.45, 2.75) is 37.4 Å². The number of benzene rings is 1. The Morgan fingerprint density at radius 3 is 2.67 bits per heavy atom. The van der Waals surface area contributed by atoms with Crippen LogP contribution >= 0.6 is 11.8 Å². The summed E-state index contributed by atoms with van der Waals surface area (Å²) in [6, 6.07) is 4.10. The number of rotatable bonds is 3. The molecule has 1 aromatic carbocycles. The van der Waals surface area contributed by atoms with Gasteiger partial charge in [-0.3, -0.25) is 4.79 Å². The molecule has 5 atom stereocenters. The van der Waals surface area contributed by atoms with Gasteiger partial charge in [-0.15, -0.1) is 0 Å². The molecule has 2 heterocycles. The second kappa shape index (κ2) is 6.32. The third kappa shape index (κ3) is 2.96. The molecule has 0 spiro atoms. The first-order chi connectivity index (χ1) is 11.5. The number of hydrogen-bond donors (Lipinski definition) is 0. The molecule has 3 fully saturated rings. The minimum atomic E-state index is -0.435. The zero-order valence-electron chi connectivity index (χ0n) is 13.9. The number of carbonyl (C=O) groups excluding carboxylic acids is 1. The Balaban J connectivity index is 1.37. The molecule has 5 unspecified atom stereocenters. The van der Waals surface area contributed by atoms with E-state index in [2.05, 4.69) is 6.92 Å². The number of amides is 1. The molecule has 4 rings (SSSR count). The fourth-order valence-corrected chi connectivity index (χ4v) is 6.03. The van der Waals surface area contributed by atoms with E-state index in [1.807, 2.05) is 4.90 Å². The summed E-state index contributed by atoms with van der Waals surface area (Å²) in [6.45, 7) is 3.98. The van der Waals surface area contributed by atoms with Crippen LogP contribution in [0, 0.1) is 29.4 Å². The van der Waals surface area contributed by atoms with Gasteiger partial charge in [-0.2, -0.15) is 11.8 Å². The minimum absolute atomic E-state index is 0.0654. The van der Waals surface area contributed by atoms with Crippen LogP contribution in [0.25, 0.3) is 0 Å². The van der Waals surface area contributed by atoms with Crippen molar-refractivity contribution in [2.75, 3.05) is 18.8 Å². The average Bonchev–Trinajstić information content (AvgIpc) is 2.98. The topological polar surface area (TPSA) is 20.3 Å². The zero-order valence-corrected chi connectivity index (χ0v) is 14.7. The summed E-state index contributed by atoms with van der Waals surface area (Å²) in [4.78, 5) is 14.6. The monoisotopic (exact) mass is 351 g/mol. The summed E-state index contributed by atoms with van der Waals surface area (Å²) in [5, 5.41) is 0.364. The summed E-state index contributed by atoms with van der Waals surface area (Å²) >= 11 is 1.79. The van der Waals surface area contributed by atoms with E-state index >= 15 is 0 Å². The van der Waals surface area contributed by atoms with Crippen molar-refractivity contribution in [3.63, 3.8) is 0 Å². The Labute approximate surface area is 146 Å². The van der Waals surface area contributed by atoms with Crippen molar-refractivity contribution in [1.82, 2.24) is 4.90 Å². The van der Waals surface area contributed by atoms with Gasteiger partial charge >= 0.3 is 0 Å². The standard InChI is InChI=1S/C19H23F2NOS/c1-11-5-6-22(9-11)19(23)14-8-13(14)17-7-12(10-24-17)18-15(20)3-2-4-16(18)21/h2-4,11-14,17H,5-10H2,1H3. The first-order valence-corrected chi connectivity index (χ1v) is 9.93. The zero-order chi connectivity index (χ0) is 16.8. The number of hydrogen-bond acceptors (Lipinski definition) is 2. The molecule has 0 bridgehead atoms. The molecule has 0 aromatic heterocycles. The Morgan fingerprint density at radius 1 is 1.25 bits per heavy atom. The number of thioether (sulfide) groups is 1. The molecule has 24 heavy (non-hydrogen) atoms. The van der Waals surface area contributed by atoms with Gasteiger partial charge in [-0.1, -0.05) is 13.0 Å². The number of nitrogens with zero attached hydrogens (tertiary/aromatic N) is 1. The van der Waals surface area contributed by atoms with Gasteiger partial charge < -0.3 is 4.90 Å². The van der Waals surface area contributed by atoms with Crippen molar-refractivity contribution >= 4 is 17.7 Å². The Bertz CT molecular complexity index is 632. The van der Waals surface area contributed by atoms with E-state index < -0.39 is 11.6 Å². The van der Waals surface area contributed by atoms with E-state index in [0.29, 0.717) is 23.0 Å². The van der Waals surface area contributed by atoms with Gasteiger partial charge in [0, 0.05) is 35.6 Å². The van der Waals surface area contributed by atoms with E-state index in [1.54, 1.807) is 11.8 Å². The summed E-state index contributed by atoms with van der Waals surface area (Å²) in [5.41, 5.74) is 0.240. The fourth-order valence-electron chi connectivity index (χ4n) is 4.34. The van der Waals surface area contributed by atoms with Crippen LogP contribution < -0.4 is 0 Å². The highest BCUT2D eigenvalue weighted by molar-refractivity contribution is 8.00. The molecule has 0 N–H and O–H groups in total. The summed E-state index contributed by atoms with van der Waals surface area (Å²) in [5.74, 6) is 1.29. The molecule has 1 aromatic rings. The second-order valence-corrected chi connectivity index (χ2v) is 8.90. The van der Waals surface area contributed by atoms with Gasteiger partial charge in [0.15, 0.2) is 0 Å². The third-order valence-electron chi connectivity index (χ3n) is 5.81. The van der Waals surface area contributed by atoms with Gasteiger partial charge in [0.2, 0.25) is 5.91 Å². The molecule has 1 aliphatic carbocycles. The maximum atomic E-state index is 14.0. The predicted octanol–water partition coefficient (Wildman–Crippen LogP) is 4.06. The lowest BCUT2D eigenvalue weighted by Crippen LogP contribution is -2.30. The van der Waals surface area contributed by atoms with Crippen LogP contribution in [-0.2, 0) is 4.79 Å². The molecular weight excluding hydrogens is 328 g/mol. The average molecular weight is 351 g/mol. The maximum Gasteiger partial charge on any atom is 0.226 e. The van der Waals surface area contributed by atoms with Crippen LogP contribution in [-0.4, -0.2) is 34.9 Å². The second-order valence-electron chi connectivity index (χ2n) is 7.62. The molecule has 0 radical (unpaired) electrons. The van der Waals surface area contributed by atoms with Gasteiger partial charge in [-0.25, -0.2) is 8.78 Å². The Hall–Kier alpha value is -1.10. The first kappa shape index (κ1) is 16.4. The normalized spacial score (nSPS) is 35.5. The van der Waals surface area contributed by atoms with Crippen molar-refractivity contribution in [2.24, 2.45) is 17.8 Å². The fraction of sp³-hybridized carbons (Fsp3) is 0.632. The van der Waals surface area contributed by atoms with Crippen LogP contribution in [0.3, 0.4) is 0 Å². The molecule has 1 amide bonds. The first-order valence-electron chi connectivity index (χ1n) is 8.89. The number of likely N-dealkylation sites (tertiary alicyclic amines) is 1. The maximum absolute atomic E-state index is 14.0.